The normalized spacial score (nSPS) is 15.1. The minimum absolute atomic E-state index is 1.30. The van der Waals surface area contributed by atoms with Crippen LogP contribution in [0.4, 0.5) is 0 Å². The molecule has 0 aliphatic rings. The van der Waals surface area contributed by atoms with Crippen LogP contribution in [-0.2, 0) is 0 Å². The average Bonchev–Trinajstić information content (AvgIpc) is 2.05. The minimum atomic E-state index is -1.30. The van der Waals surface area contributed by atoms with Crippen LogP contribution in [0.15, 0.2) is 0 Å². The van der Waals surface area contributed by atoms with Crippen LogP contribution in [0.3, 0.4) is 0 Å². The summed E-state index contributed by atoms with van der Waals surface area (Å²) in [5.41, 5.74) is 0. The van der Waals surface area contributed by atoms with Crippen molar-refractivity contribution in [1.29, 1.82) is 0 Å². The van der Waals surface area contributed by atoms with Crippen molar-refractivity contribution in [2.75, 3.05) is 24.6 Å². The summed E-state index contributed by atoms with van der Waals surface area (Å²) in [4.78, 5) is 0. The number of hydrogen-bond donors (Lipinski definition) is 0. The molecule has 0 saturated carbocycles. The molecule has 0 nitrogen and oxygen atoms in total. The third-order valence-corrected chi connectivity index (χ3v) is 15.2. The first-order valence-electron chi connectivity index (χ1n) is 6.26. The quantitative estimate of drug-likeness (QED) is 0.405. The first-order valence-corrected chi connectivity index (χ1v) is 12.0. The monoisotopic (exact) mass is 330 g/mol. The van der Waals surface area contributed by atoms with E-state index in [0.29, 0.717) is 0 Å². The Labute approximate surface area is 104 Å². The third-order valence-electron chi connectivity index (χ3n) is 3.13. The molecule has 0 unspecified atom stereocenters. The first-order chi connectivity index (χ1) is 6.54. The van der Waals surface area contributed by atoms with Gasteiger partial charge in [-0.1, -0.05) is 0 Å². The van der Waals surface area contributed by atoms with E-state index in [1.807, 2.05) is 0 Å². The Bertz CT molecular complexity index is 121. The molecule has 0 N–H and O–H groups in total. The number of halogens is 1. The van der Waals surface area contributed by atoms with Crippen LogP contribution in [0.25, 0.3) is 0 Å². The summed E-state index contributed by atoms with van der Waals surface area (Å²) < 4.78 is -1.30. The van der Waals surface area contributed by atoms with Gasteiger partial charge in [-0.3, -0.25) is 0 Å². The number of rotatable bonds is 8. The zero-order valence-corrected chi connectivity index (χ0v) is 13.5. The Morgan fingerprint density at radius 1 is 0.643 bits per heavy atom. The second-order valence-electron chi connectivity index (χ2n) is 4.71. The topological polar surface area (TPSA) is 0 Å². The summed E-state index contributed by atoms with van der Waals surface area (Å²) in [5, 5.41) is 0. The Hall–Kier alpha value is 1.16. The Kier molecular flexibility index (Phi) is 7.23. The summed E-state index contributed by atoms with van der Waals surface area (Å²) >= 11 is 2.94. The molecule has 0 aromatic carbocycles. The SMILES string of the molecule is CCCP(I)(CCC)(CCC)CCC. The molecule has 88 valence electrons. The van der Waals surface area contributed by atoms with Crippen LogP contribution in [0, 0.1) is 0 Å². The van der Waals surface area contributed by atoms with E-state index in [4.69, 9.17) is 0 Å². The molecule has 0 fully saturated rings. The van der Waals surface area contributed by atoms with Crippen molar-refractivity contribution in [1.82, 2.24) is 0 Å². The van der Waals surface area contributed by atoms with Gasteiger partial charge >= 0.3 is 104 Å². The molecule has 14 heavy (non-hydrogen) atoms. The zero-order valence-electron chi connectivity index (χ0n) is 10.5. The molecule has 0 heterocycles. The van der Waals surface area contributed by atoms with Crippen molar-refractivity contribution < 1.29 is 0 Å². The van der Waals surface area contributed by atoms with Gasteiger partial charge in [-0.05, 0) is 0 Å². The molecule has 0 saturated heterocycles. The molecule has 0 atom stereocenters. The van der Waals surface area contributed by atoms with E-state index in [1.165, 1.54) is 50.3 Å². The van der Waals surface area contributed by atoms with Gasteiger partial charge < -0.3 is 0 Å². The molecule has 0 bridgehead atoms. The van der Waals surface area contributed by atoms with Gasteiger partial charge in [0, 0.05) is 0 Å². The predicted molar refractivity (Wildman–Crippen MR) is 81.6 cm³/mol. The van der Waals surface area contributed by atoms with Crippen molar-refractivity contribution >= 4 is 26.3 Å². The van der Waals surface area contributed by atoms with Crippen molar-refractivity contribution in [3.8, 4) is 0 Å². The molecule has 0 aliphatic carbocycles. The molecule has 0 rings (SSSR count). The summed E-state index contributed by atoms with van der Waals surface area (Å²) in [5.74, 6) is 0. The van der Waals surface area contributed by atoms with E-state index in [1.54, 1.807) is 0 Å². The van der Waals surface area contributed by atoms with Crippen LogP contribution >= 0.6 is 26.3 Å². The molecule has 0 aromatic heterocycles. The van der Waals surface area contributed by atoms with Crippen LogP contribution in [0.5, 0.6) is 0 Å². The molecule has 2 heteroatoms. The van der Waals surface area contributed by atoms with Gasteiger partial charge in [-0.15, -0.1) is 0 Å². The van der Waals surface area contributed by atoms with Gasteiger partial charge in [-0.25, -0.2) is 0 Å². The van der Waals surface area contributed by atoms with Crippen molar-refractivity contribution in [2.45, 2.75) is 53.4 Å². The number of hydrogen-bond acceptors (Lipinski definition) is 0. The van der Waals surface area contributed by atoms with E-state index < -0.39 is 4.25 Å². The summed E-state index contributed by atoms with van der Waals surface area (Å²) in [6.45, 7) is 9.45. The van der Waals surface area contributed by atoms with Crippen molar-refractivity contribution in [2.24, 2.45) is 0 Å². The maximum atomic E-state index is 2.94. The molecule has 0 amide bonds. The standard InChI is InChI=1S/C12H28IP/c1-5-9-14(13,10-6-2,11-7-3)12-8-4/h5-12H2,1-4H3. The maximum absolute atomic E-state index is 2.94. The van der Waals surface area contributed by atoms with E-state index in [2.05, 4.69) is 49.7 Å². The van der Waals surface area contributed by atoms with Gasteiger partial charge in [0.25, 0.3) is 0 Å². The van der Waals surface area contributed by atoms with Gasteiger partial charge in [0.05, 0.1) is 0 Å². The van der Waals surface area contributed by atoms with Crippen LogP contribution < -0.4 is 0 Å². The van der Waals surface area contributed by atoms with E-state index in [-0.39, 0.29) is 0 Å². The third kappa shape index (κ3) is 4.35. The van der Waals surface area contributed by atoms with Crippen LogP contribution in [0.2, 0.25) is 0 Å². The zero-order chi connectivity index (χ0) is 11.1. The fourth-order valence-corrected chi connectivity index (χ4v) is 14.5. The molecule has 0 aromatic rings. The molecule has 0 spiro atoms. The predicted octanol–water partition coefficient (Wildman–Crippen LogP) is 5.53. The molecule has 0 aliphatic heterocycles. The first kappa shape index (κ1) is 15.2. The van der Waals surface area contributed by atoms with Crippen molar-refractivity contribution in [3.63, 3.8) is 0 Å². The fraction of sp³-hybridized carbons (Fsp3) is 1.00. The van der Waals surface area contributed by atoms with Crippen LogP contribution in [0.1, 0.15) is 53.4 Å². The Morgan fingerprint density at radius 3 is 1.00 bits per heavy atom. The van der Waals surface area contributed by atoms with E-state index >= 15 is 0 Å². The van der Waals surface area contributed by atoms with Gasteiger partial charge in [-0.2, -0.15) is 0 Å². The Balaban J connectivity index is 4.69. The molecular formula is C12H28IP. The van der Waals surface area contributed by atoms with Gasteiger partial charge in [0.2, 0.25) is 0 Å². The summed E-state index contributed by atoms with van der Waals surface area (Å²) in [6, 6.07) is 0. The van der Waals surface area contributed by atoms with Gasteiger partial charge in [0.15, 0.2) is 0 Å². The molecular weight excluding hydrogens is 302 g/mol. The van der Waals surface area contributed by atoms with E-state index in [9.17, 15) is 0 Å². The van der Waals surface area contributed by atoms with E-state index in [0.717, 1.165) is 0 Å². The average molecular weight is 330 g/mol. The summed E-state index contributed by atoms with van der Waals surface area (Å²) in [7, 11) is 0. The van der Waals surface area contributed by atoms with Crippen molar-refractivity contribution in [3.05, 3.63) is 0 Å². The molecule has 0 radical (unpaired) electrons. The summed E-state index contributed by atoms with van der Waals surface area (Å²) in [6.07, 6.45) is 11.7. The van der Waals surface area contributed by atoms with Gasteiger partial charge in [0.1, 0.15) is 0 Å². The second kappa shape index (κ2) is 6.68. The second-order valence-corrected chi connectivity index (χ2v) is 18.3. The van der Waals surface area contributed by atoms with Crippen LogP contribution in [-0.4, -0.2) is 24.6 Å². The Morgan fingerprint density at radius 2 is 0.857 bits per heavy atom. The fourth-order valence-electron chi connectivity index (χ4n) is 2.91.